The molecule has 1 aromatic heterocycles. The van der Waals surface area contributed by atoms with Crippen molar-refractivity contribution in [3.8, 4) is 0 Å². The van der Waals surface area contributed by atoms with E-state index in [9.17, 15) is 0 Å². The van der Waals surface area contributed by atoms with Crippen LogP contribution < -0.4 is 0 Å². The Balaban J connectivity index is 0.000000336. The van der Waals surface area contributed by atoms with E-state index in [2.05, 4.69) is 23.4 Å². The normalized spacial score (nSPS) is 13.7. The van der Waals surface area contributed by atoms with Gasteiger partial charge in [-0.2, -0.15) is 0 Å². The number of aryl methyl sites for hydroxylation is 2. The number of hydrogen-bond acceptors (Lipinski definition) is 1. The van der Waals surface area contributed by atoms with Crippen molar-refractivity contribution in [2.75, 3.05) is 0 Å². The zero-order valence-electron chi connectivity index (χ0n) is 8.52. The van der Waals surface area contributed by atoms with Crippen molar-refractivity contribution in [1.82, 2.24) is 9.55 Å². The van der Waals surface area contributed by atoms with Crippen molar-refractivity contribution in [1.29, 1.82) is 0 Å². The molecule has 0 aromatic carbocycles. The molecular formula is C10H18N2. The second-order valence-corrected chi connectivity index (χ2v) is 2.95. The molecule has 0 saturated heterocycles. The predicted octanol–water partition coefficient (Wildman–Crippen LogP) is 2.47. The fourth-order valence-corrected chi connectivity index (χ4v) is 1.61. The van der Waals surface area contributed by atoms with E-state index in [-0.39, 0.29) is 0 Å². The summed E-state index contributed by atoms with van der Waals surface area (Å²) in [7, 11) is 0. The molecule has 1 aliphatic rings. The highest BCUT2D eigenvalue weighted by atomic mass is 15.1. The first-order chi connectivity index (χ1) is 5.79. The van der Waals surface area contributed by atoms with Crippen LogP contribution in [0.25, 0.3) is 0 Å². The maximum atomic E-state index is 4.45. The van der Waals surface area contributed by atoms with Crippen LogP contribution in [0.3, 0.4) is 0 Å². The van der Waals surface area contributed by atoms with Crippen LogP contribution in [-0.4, -0.2) is 9.55 Å². The molecule has 0 unspecified atom stereocenters. The molecule has 0 atom stereocenters. The molecule has 0 spiro atoms. The summed E-state index contributed by atoms with van der Waals surface area (Å²) in [4.78, 5) is 4.45. The Labute approximate surface area is 74.6 Å². The zero-order chi connectivity index (χ0) is 9.14. The fourth-order valence-electron chi connectivity index (χ4n) is 1.61. The number of fused-ring (bicyclic) bond motifs is 1. The molecule has 2 nitrogen and oxygen atoms in total. The minimum absolute atomic E-state index is 1.18. The van der Waals surface area contributed by atoms with Gasteiger partial charge in [-0.25, -0.2) is 4.98 Å². The summed E-state index contributed by atoms with van der Waals surface area (Å²) >= 11 is 0. The Morgan fingerprint density at radius 1 is 1.25 bits per heavy atom. The summed E-state index contributed by atoms with van der Waals surface area (Å²) in [6.07, 6.45) is 2.46. The van der Waals surface area contributed by atoms with Gasteiger partial charge in [-0.1, -0.05) is 13.8 Å². The standard InChI is InChI=1S/C8H12N2.C2H6/c1-6-7(2)10-5-3-4-8(10)9-6;1-2/h3-5H2,1-2H3;1-2H3. The fraction of sp³-hybridized carbons (Fsp3) is 0.700. The second-order valence-electron chi connectivity index (χ2n) is 2.95. The van der Waals surface area contributed by atoms with Crippen LogP contribution in [0, 0.1) is 13.8 Å². The van der Waals surface area contributed by atoms with Crippen molar-refractivity contribution in [2.24, 2.45) is 0 Å². The molecule has 2 heteroatoms. The number of nitrogens with zero attached hydrogens (tertiary/aromatic N) is 2. The van der Waals surface area contributed by atoms with Gasteiger partial charge in [-0.05, 0) is 20.3 Å². The highest BCUT2D eigenvalue weighted by Crippen LogP contribution is 2.17. The van der Waals surface area contributed by atoms with Crippen molar-refractivity contribution in [3.63, 3.8) is 0 Å². The third-order valence-corrected chi connectivity index (χ3v) is 2.32. The summed E-state index contributed by atoms with van der Waals surface area (Å²) < 4.78 is 2.33. The molecule has 2 heterocycles. The van der Waals surface area contributed by atoms with Crippen molar-refractivity contribution in [3.05, 3.63) is 17.2 Å². The largest absolute Gasteiger partial charge is 0.332 e. The summed E-state index contributed by atoms with van der Waals surface area (Å²) in [6, 6.07) is 0. The first kappa shape index (κ1) is 9.30. The minimum atomic E-state index is 1.18. The quantitative estimate of drug-likeness (QED) is 0.579. The predicted molar refractivity (Wildman–Crippen MR) is 51.4 cm³/mol. The Kier molecular flexibility index (Phi) is 2.90. The third-order valence-electron chi connectivity index (χ3n) is 2.32. The van der Waals surface area contributed by atoms with Crippen LogP contribution >= 0.6 is 0 Å². The maximum Gasteiger partial charge on any atom is 0.109 e. The van der Waals surface area contributed by atoms with Gasteiger partial charge in [0.1, 0.15) is 5.82 Å². The molecule has 0 fully saturated rings. The number of imidazole rings is 1. The van der Waals surface area contributed by atoms with Gasteiger partial charge in [0, 0.05) is 18.7 Å². The second kappa shape index (κ2) is 3.74. The molecule has 0 aliphatic carbocycles. The molecule has 12 heavy (non-hydrogen) atoms. The number of aromatic nitrogens is 2. The van der Waals surface area contributed by atoms with E-state index in [1.807, 2.05) is 13.8 Å². The van der Waals surface area contributed by atoms with Crippen molar-refractivity contribution < 1.29 is 0 Å². The molecule has 0 amide bonds. The molecule has 1 aliphatic heterocycles. The van der Waals surface area contributed by atoms with E-state index >= 15 is 0 Å². The lowest BCUT2D eigenvalue weighted by molar-refractivity contribution is 0.726. The lowest BCUT2D eigenvalue weighted by Crippen LogP contribution is -1.94. The smallest absolute Gasteiger partial charge is 0.109 e. The van der Waals surface area contributed by atoms with E-state index in [1.54, 1.807) is 0 Å². The van der Waals surface area contributed by atoms with Crippen LogP contribution in [0.15, 0.2) is 0 Å². The zero-order valence-corrected chi connectivity index (χ0v) is 8.52. The lowest BCUT2D eigenvalue weighted by atomic mass is 10.3. The van der Waals surface area contributed by atoms with Crippen LogP contribution in [0.1, 0.15) is 37.5 Å². The molecule has 68 valence electrons. The highest BCUT2D eigenvalue weighted by Gasteiger charge is 2.15. The first-order valence-electron chi connectivity index (χ1n) is 4.81. The third kappa shape index (κ3) is 1.38. The van der Waals surface area contributed by atoms with Gasteiger partial charge in [-0.3, -0.25) is 0 Å². The Morgan fingerprint density at radius 2 is 1.92 bits per heavy atom. The Morgan fingerprint density at radius 3 is 2.50 bits per heavy atom. The molecular weight excluding hydrogens is 148 g/mol. The number of rotatable bonds is 0. The highest BCUT2D eigenvalue weighted by molar-refractivity contribution is 5.16. The minimum Gasteiger partial charge on any atom is -0.332 e. The molecule has 2 rings (SSSR count). The maximum absolute atomic E-state index is 4.45. The van der Waals surface area contributed by atoms with E-state index in [0.717, 1.165) is 0 Å². The van der Waals surface area contributed by atoms with Crippen LogP contribution in [0.5, 0.6) is 0 Å². The van der Waals surface area contributed by atoms with Gasteiger partial charge >= 0.3 is 0 Å². The summed E-state index contributed by atoms with van der Waals surface area (Å²) in [5.41, 5.74) is 2.56. The van der Waals surface area contributed by atoms with Crippen LogP contribution in [0.2, 0.25) is 0 Å². The van der Waals surface area contributed by atoms with E-state index in [1.165, 1.54) is 36.6 Å². The lowest BCUT2D eigenvalue weighted by Gasteiger charge is -1.97. The summed E-state index contributed by atoms with van der Waals surface area (Å²) in [6.45, 7) is 9.42. The average molecular weight is 166 g/mol. The van der Waals surface area contributed by atoms with Gasteiger partial charge in [0.05, 0.1) is 5.69 Å². The van der Waals surface area contributed by atoms with E-state index in [0.29, 0.717) is 0 Å². The van der Waals surface area contributed by atoms with Crippen LogP contribution in [0.4, 0.5) is 0 Å². The van der Waals surface area contributed by atoms with Gasteiger partial charge in [0.15, 0.2) is 0 Å². The van der Waals surface area contributed by atoms with Crippen molar-refractivity contribution in [2.45, 2.75) is 47.1 Å². The molecule has 1 aromatic rings. The van der Waals surface area contributed by atoms with Crippen LogP contribution in [-0.2, 0) is 13.0 Å². The Hall–Kier alpha value is -0.790. The van der Waals surface area contributed by atoms with Gasteiger partial charge in [-0.15, -0.1) is 0 Å². The first-order valence-corrected chi connectivity index (χ1v) is 4.81. The SMILES string of the molecule is CC.Cc1nc2n(c1C)CCC2. The Bertz CT molecular complexity index is 261. The molecule has 0 bridgehead atoms. The summed E-state index contributed by atoms with van der Waals surface area (Å²) in [5.74, 6) is 1.29. The monoisotopic (exact) mass is 166 g/mol. The van der Waals surface area contributed by atoms with E-state index < -0.39 is 0 Å². The van der Waals surface area contributed by atoms with E-state index in [4.69, 9.17) is 0 Å². The van der Waals surface area contributed by atoms with Gasteiger partial charge in [0.25, 0.3) is 0 Å². The van der Waals surface area contributed by atoms with Gasteiger partial charge < -0.3 is 4.57 Å². The van der Waals surface area contributed by atoms with Crippen molar-refractivity contribution >= 4 is 0 Å². The molecule has 0 saturated carbocycles. The number of hydrogen-bond donors (Lipinski definition) is 0. The summed E-state index contributed by atoms with van der Waals surface area (Å²) in [5, 5.41) is 0. The molecule has 0 N–H and O–H groups in total. The molecule has 0 radical (unpaired) electrons. The van der Waals surface area contributed by atoms with Gasteiger partial charge in [0.2, 0.25) is 0 Å². The average Bonchev–Trinajstić information content (AvgIpc) is 2.62. The topological polar surface area (TPSA) is 17.8 Å².